The monoisotopic (exact) mass is 589 g/mol. The van der Waals surface area contributed by atoms with Gasteiger partial charge in [-0.15, -0.1) is 0 Å². The lowest BCUT2D eigenvalue weighted by molar-refractivity contribution is 0.0745. The van der Waals surface area contributed by atoms with Gasteiger partial charge in [0.25, 0.3) is 5.91 Å². The van der Waals surface area contributed by atoms with Crippen LogP contribution in [0.4, 0.5) is 0 Å². The highest BCUT2D eigenvalue weighted by Crippen LogP contribution is 2.45. The van der Waals surface area contributed by atoms with Crippen LogP contribution in [0, 0.1) is 6.92 Å². The van der Waals surface area contributed by atoms with Crippen LogP contribution in [0.5, 0.6) is 23.0 Å². The zero-order valence-corrected chi connectivity index (χ0v) is 25.3. The molecule has 0 spiro atoms. The molecule has 1 amide bonds. The molecular weight excluding hydrogens is 554 g/mol. The lowest BCUT2D eigenvalue weighted by atomic mass is 9.95. The van der Waals surface area contributed by atoms with Gasteiger partial charge in [0.2, 0.25) is 0 Å². The third-order valence-electron chi connectivity index (χ3n) is 8.02. The number of carbonyl (C=O) groups is 1. The number of aromatic nitrogens is 2. The van der Waals surface area contributed by atoms with Gasteiger partial charge in [0.1, 0.15) is 12.3 Å². The van der Waals surface area contributed by atoms with Gasteiger partial charge in [-0.25, -0.2) is 0 Å². The van der Waals surface area contributed by atoms with Gasteiger partial charge in [-0.1, -0.05) is 72.3 Å². The predicted octanol–water partition coefficient (Wildman–Crippen LogP) is 6.78. The van der Waals surface area contributed by atoms with Crippen molar-refractivity contribution in [3.8, 4) is 34.3 Å². The Hall–Kier alpha value is -5.24. The Bertz CT molecular complexity index is 1770. The van der Waals surface area contributed by atoms with Crippen LogP contribution >= 0.6 is 0 Å². The summed E-state index contributed by atoms with van der Waals surface area (Å²) in [6.07, 6.45) is 0.621. The van der Waals surface area contributed by atoms with E-state index in [0.717, 1.165) is 39.1 Å². The van der Waals surface area contributed by atoms with Crippen LogP contribution in [0.2, 0.25) is 0 Å². The van der Waals surface area contributed by atoms with Crippen molar-refractivity contribution in [3.63, 3.8) is 0 Å². The van der Waals surface area contributed by atoms with E-state index >= 15 is 0 Å². The molecule has 0 bridgehead atoms. The highest BCUT2D eigenvalue weighted by atomic mass is 16.5. The normalized spacial score (nSPS) is 14.0. The Balaban J connectivity index is 1.36. The third kappa shape index (κ3) is 5.58. The number of methoxy groups -OCH3 is 3. The van der Waals surface area contributed by atoms with Crippen molar-refractivity contribution in [2.24, 2.45) is 0 Å². The summed E-state index contributed by atoms with van der Waals surface area (Å²) >= 11 is 0. The van der Waals surface area contributed by atoms with E-state index < -0.39 is 0 Å². The Labute approximate surface area is 257 Å². The van der Waals surface area contributed by atoms with Crippen LogP contribution in [0.15, 0.2) is 91.0 Å². The van der Waals surface area contributed by atoms with Crippen LogP contribution in [0.25, 0.3) is 11.3 Å². The molecule has 0 aliphatic carbocycles. The van der Waals surface area contributed by atoms with Gasteiger partial charge < -0.3 is 23.8 Å². The summed E-state index contributed by atoms with van der Waals surface area (Å²) in [5, 5.41) is 7.68. The first-order chi connectivity index (χ1) is 21.5. The highest BCUT2D eigenvalue weighted by Gasteiger charge is 2.42. The number of nitrogens with one attached hydrogen (secondary N) is 1. The molecule has 1 aliphatic heterocycles. The molecule has 1 atom stereocenters. The minimum atomic E-state index is -0.384. The fraction of sp³-hybridized carbons (Fsp3) is 0.222. The van der Waals surface area contributed by atoms with E-state index in [-0.39, 0.29) is 11.9 Å². The topological polar surface area (TPSA) is 85.9 Å². The lowest BCUT2D eigenvalue weighted by Crippen LogP contribution is -2.31. The average molecular weight is 590 g/mol. The Morgan fingerprint density at radius 3 is 2.20 bits per heavy atom. The number of fused-ring (bicyclic) bond motifs is 1. The number of benzene rings is 4. The second kappa shape index (κ2) is 12.6. The minimum Gasteiger partial charge on any atom is -0.493 e. The molecule has 0 fully saturated rings. The Morgan fingerprint density at radius 1 is 0.773 bits per heavy atom. The maximum Gasteiger partial charge on any atom is 0.273 e. The molecule has 6 rings (SSSR count). The van der Waals surface area contributed by atoms with Crippen LogP contribution in [0.3, 0.4) is 0 Å². The number of H-pyrrole nitrogens is 1. The van der Waals surface area contributed by atoms with E-state index in [4.69, 9.17) is 18.9 Å². The zero-order chi connectivity index (χ0) is 30.6. The summed E-state index contributed by atoms with van der Waals surface area (Å²) in [7, 11) is 4.86. The fourth-order valence-electron chi connectivity index (χ4n) is 5.70. The SMILES string of the molecule is COc1ccc(CCN2C(=O)c3[nH]nc(-c4ccc(C)cc4)c3C2c2ccc(OCc3ccccc3)c(OC)c2)cc1OC. The van der Waals surface area contributed by atoms with Crippen LogP contribution in [-0.2, 0) is 13.0 Å². The number of hydrogen-bond acceptors (Lipinski definition) is 6. The number of amides is 1. The third-order valence-corrected chi connectivity index (χ3v) is 8.02. The summed E-state index contributed by atoms with van der Waals surface area (Å²) in [6, 6.07) is 29.5. The molecule has 8 nitrogen and oxygen atoms in total. The van der Waals surface area contributed by atoms with Gasteiger partial charge in [-0.3, -0.25) is 9.89 Å². The number of nitrogens with zero attached hydrogens (tertiary/aromatic N) is 2. The largest absolute Gasteiger partial charge is 0.493 e. The molecule has 1 aromatic heterocycles. The Morgan fingerprint density at radius 2 is 1.48 bits per heavy atom. The molecule has 0 radical (unpaired) electrons. The molecule has 1 N–H and O–H groups in total. The molecule has 5 aromatic rings. The van der Waals surface area contributed by atoms with Gasteiger partial charge in [0, 0.05) is 17.7 Å². The molecule has 224 valence electrons. The number of carbonyl (C=O) groups excluding carboxylic acids is 1. The van der Waals surface area contributed by atoms with Gasteiger partial charge in [0.15, 0.2) is 23.0 Å². The van der Waals surface area contributed by atoms with Crippen LogP contribution in [0.1, 0.15) is 44.3 Å². The van der Waals surface area contributed by atoms with Crippen LogP contribution < -0.4 is 18.9 Å². The molecular formula is C36H35N3O5. The molecule has 0 saturated heterocycles. The van der Waals surface area contributed by atoms with Crippen LogP contribution in [-0.4, -0.2) is 48.9 Å². The summed E-state index contributed by atoms with van der Waals surface area (Å²) < 4.78 is 22.8. The number of aromatic amines is 1. The highest BCUT2D eigenvalue weighted by molar-refractivity contribution is 6.00. The van der Waals surface area contributed by atoms with Crippen molar-refractivity contribution < 1.29 is 23.7 Å². The maximum atomic E-state index is 14.0. The van der Waals surface area contributed by atoms with Gasteiger partial charge in [0.05, 0.1) is 33.1 Å². The average Bonchev–Trinajstić information content (AvgIpc) is 3.61. The summed E-state index contributed by atoms with van der Waals surface area (Å²) in [6.45, 7) is 2.94. The first-order valence-corrected chi connectivity index (χ1v) is 14.5. The molecule has 8 heteroatoms. The molecule has 1 unspecified atom stereocenters. The molecule has 44 heavy (non-hydrogen) atoms. The maximum absolute atomic E-state index is 14.0. The Kier molecular flexibility index (Phi) is 8.23. The molecule has 2 heterocycles. The summed E-state index contributed by atoms with van der Waals surface area (Å²) in [5.41, 5.74) is 7.21. The minimum absolute atomic E-state index is 0.0975. The molecule has 4 aromatic carbocycles. The van der Waals surface area contributed by atoms with Gasteiger partial charge in [-0.05, 0) is 54.3 Å². The summed E-state index contributed by atoms with van der Waals surface area (Å²) in [4.78, 5) is 15.9. The van der Waals surface area contributed by atoms with Gasteiger partial charge >= 0.3 is 0 Å². The van der Waals surface area contributed by atoms with Crippen molar-refractivity contribution in [1.82, 2.24) is 15.1 Å². The number of aryl methyl sites for hydroxylation is 1. The molecule has 0 saturated carbocycles. The second-order valence-corrected chi connectivity index (χ2v) is 10.8. The van der Waals surface area contributed by atoms with E-state index in [0.29, 0.717) is 48.3 Å². The predicted molar refractivity (Wildman–Crippen MR) is 169 cm³/mol. The molecule has 1 aliphatic rings. The second-order valence-electron chi connectivity index (χ2n) is 10.8. The quantitative estimate of drug-likeness (QED) is 0.183. The number of hydrogen-bond donors (Lipinski definition) is 1. The van der Waals surface area contributed by atoms with E-state index in [1.54, 1.807) is 21.3 Å². The fourth-order valence-corrected chi connectivity index (χ4v) is 5.70. The first kappa shape index (κ1) is 28.9. The first-order valence-electron chi connectivity index (χ1n) is 14.5. The van der Waals surface area contributed by atoms with Crippen molar-refractivity contribution >= 4 is 5.91 Å². The van der Waals surface area contributed by atoms with Crippen molar-refractivity contribution in [1.29, 1.82) is 0 Å². The number of rotatable bonds is 11. The van der Waals surface area contributed by atoms with Gasteiger partial charge in [-0.2, -0.15) is 5.10 Å². The summed E-state index contributed by atoms with van der Waals surface area (Å²) in [5.74, 6) is 2.45. The standard InChI is InChI=1S/C36H35N3O5/c1-23-10-13-26(14-11-23)33-32-34(38-37-33)36(40)39(19-18-24-12-16-28(41-2)30(20-24)42-3)35(32)27-15-17-29(31(21-27)43-4)44-22-25-8-6-5-7-9-25/h5-17,20-21,35H,18-19,22H2,1-4H3,(H,37,38). The van der Waals surface area contributed by atoms with Crippen molar-refractivity contribution in [2.45, 2.75) is 26.0 Å². The number of ether oxygens (including phenoxy) is 4. The zero-order valence-electron chi connectivity index (χ0n) is 25.3. The van der Waals surface area contributed by atoms with E-state index in [1.807, 2.05) is 83.8 Å². The van der Waals surface area contributed by atoms with E-state index in [2.05, 4.69) is 29.3 Å². The van der Waals surface area contributed by atoms with Crippen molar-refractivity contribution in [3.05, 3.63) is 125 Å². The van der Waals surface area contributed by atoms with E-state index in [1.165, 1.54) is 0 Å². The lowest BCUT2D eigenvalue weighted by Gasteiger charge is -2.27. The van der Waals surface area contributed by atoms with Crippen molar-refractivity contribution in [2.75, 3.05) is 27.9 Å². The van der Waals surface area contributed by atoms with E-state index in [9.17, 15) is 4.79 Å². The smallest absolute Gasteiger partial charge is 0.273 e.